The monoisotopic (exact) mass is 387 g/mol. The largest absolute Gasteiger partial charge is 0.479 e. The first-order valence-corrected chi connectivity index (χ1v) is 11.4. The Balaban J connectivity index is 1.14. The molecule has 5 saturated carbocycles. The van der Waals surface area contributed by atoms with Crippen molar-refractivity contribution in [1.82, 2.24) is 0 Å². The summed E-state index contributed by atoms with van der Waals surface area (Å²) >= 11 is 0. The van der Waals surface area contributed by atoms with Gasteiger partial charge in [-0.1, -0.05) is 12.8 Å². The first-order chi connectivity index (χ1) is 13.5. The molecule has 0 aromatic heterocycles. The van der Waals surface area contributed by atoms with E-state index < -0.39 is 11.5 Å². The van der Waals surface area contributed by atoms with Crippen LogP contribution in [0.2, 0.25) is 0 Å². The van der Waals surface area contributed by atoms with Crippen LogP contribution in [0.1, 0.15) is 77.0 Å². The highest BCUT2D eigenvalue weighted by molar-refractivity contribution is 5.99. The minimum Gasteiger partial charge on any atom is -0.479 e. The van der Waals surface area contributed by atoms with E-state index >= 15 is 0 Å². The Morgan fingerprint density at radius 3 is 2.25 bits per heavy atom. The van der Waals surface area contributed by atoms with Crippen molar-refractivity contribution in [3.8, 4) is 0 Å². The number of ether oxygens (including phenoxy) is 1. The fraction of sp³-hybridized carbons (Fsp3) is 0.909. The van der Waals surface area contributed by atoms with E-state index in [1.165, 1.54) is 51.2 Å². The number of hydrogen-bond acceptors (Lipinski definition) is 5. The van der Waals surface area contributed by atoms with Gasteiger partial charge in [-0.2, -0.15) is 0 Å². The average Bonchev–Trinajstić information content (AvgIpc) is 3.01. The van der Waals surface area contributed by atoms with Crippen LogP contribution in [0.3, 0.4) is 0 Å². The molecule has 1 heterocycles. The van der Waals surface area contributed by atoms with Crippen LogP contribution in [-0.2, 0) is 9.53 Å². The van der Waals surface area contributed by atoms with Crippen molar-refractivity contribution in [2.24, 2.45) is 45.0 Å². The minimum atomic E-state index is -1.22. The summed E-state index contributed by atoms with van der Waals surface area (Å²) in [5.41, 5.74) is -1.02. The molecule has 0 amide bonds. The Labute approximate surface area is 167 Å². The molecule has 6 heteroatoms. The number of nitrogens with zero attached hydrogens (tertiary/aromatic N) is 3. The molecular formula is C22H33N3O3. The second kappa shape index (κ2) is 7.19. The standard InChI is InChI=1S/C22H33N3O3/c26-20(27)22(14-23-25-24-22)12-15-2-1-3-16(5-4-15)13-28-21-9-17-6-18(10-21)8-19(7-17)11-21/h14-19H,1-13H2,(H,26,27). The zero-order valence-corrected chi connectivity index (χ0v) is 16.8. The van der Waals surface area contributed by atoms with Crippen LogP contribution in [0.25, 0.3) is 0 Å². The molecule has 0 radical (unpaired) electrons. The van der Waals surface area contributed by atoms with Crippen LogP contribution in [-0.4, -0.2) is 35.0 Å². The third-order valence-corrected chi connectivity index (χ3v) is 8.33. The van der Waals surface area contributed by atoms with Crippen molar-refractivity contribution >= 4 is 12.2 Å². The van der Waals surface area contributed by atoms with E-state index in [0.717, 1.165) is 50.0 Å². The number of carboxylic acids is 1. The molecule has 4 bridgehead atoms. The van der Waals surface area contributed by atoms with E-state index in [0.29, 0.717) is 18.3 Å². The molecule has 0 aromatic carbocycles. The summed E-state index contributed by atoms with van der Waals surface area (Å²) in [7, 11) is 0. The zero-order valence-electron chi connectivity index (χ0n) is 16.8. The fourth-order valence-corrected chi connectivity index (χ4v) is 7.30. The summed E-state index contributed by atoms with van der Waals surface area (Å²) in [5.74, 6) is 2.86. The average molecular weight is 388 g/mol. The minimum absolute atomic E-state index is 0.203. The molecule has 0 aromatic rings. The lowest BCUT2D eigenvalue weighted by atomic mass is 9.54. The molecule has 6 aliphatic rings. The molecule has 0 saturated heterocycles. The molecule has 1 N–H and O–H groups in total. The predicted molar refractivity (Wildman–Crippen MR) is 105 cm³/mol. The Hall–Kier alpha value is -1.30. The first kappa shape index (κ1) is 18.7. The molecule has 5 fully saturated rings. The lowest BCUT2D eigenvalue weighted by Gasteiger charge is -2.56. The van der Waals surface area contributed by atoms with Crippen molar-refractivity contribution in [2.45, 2.75) is 88.2 Å². The van der Waals surface area contributed by atoms with Gasteiger partial charge in [-0.25, -0.2) is 4.79 Å². The normalized spacial score (nSPS) is 46.8. The first-order valence-electron chi connectivity index (χ1n) is 11.4. The maximum atomic E-state index is 11.7. The number of aliphatic carboxylic acids is 1. The molecule has 5 aliphatic carbocycles. The van der Waals surface area contributed by atoms with Gasteiger partial charge in [-0.05, 0) is 99.0 Å². The smallest absolute Gasteiger partial charge is 0.339 e. The molecule has 6 nitrogen and oxygen atoms in total. The van der Waals surface area contributed by atoms with E-state index in [1.807, 2.05) is 0 Å². The predicted octanol–water partition coefficient (Wildman–Crippen LogP) is 4.83. The van der Waals surface area contributed by atoms with Gasteiger partial charge in [0.2, 0.25) is 5.54 Å². The van der Waals surface area contributed by atoms with Crippen molar-refractivity contribution in [2.75, 3.05) is 6.61 Å². The number of carbonyl (C=O) groups is 1. The van der Waals surface area contributed by atoms with Crippen LogP contribution in [0.4, 0.5) is 0 Å². The van der Waals surface area contributed by atoms with E-state index in [4.69, 9.17) is 4.74 Å². The third-order valence-electron chi connectivity index (χ3n) is 8.33. The highest BCUT2D eigenvalue weighted by Gasteiger charge is 2.51. The number of rotatable bonds is 6. The van der Waals surface area contributed by atoms with Crippen molar-refractivity contribution in [1.29, 1.82) is 0 Å². The Morgan fingerprint density at radius 2 is 1.64 bits per heavy atom. The van der Waals surface area contributed by atoms with Crippen molar-refractivity contribution in [3.05, 3.63) is 0 Å². The van der Waals surface area contributed by atoms with Gasteiger partial charge in [0.25, 0.3) is 0 Å². The maximum absolute atomic E-state index is 11.7. The molecule has 3 atom stereocenters. The molecule has 154 valence electrons. The van der Waals surface area contributed by atoms with E-state index in [1.54, 1.807) is 0 Å². The van der Waals surface area contributed by atoms with Crippen LogP contribution < -0.4 is 0 Å². The Bertz CT molecular complexity index is 627. The second-order valence-electron chi connectivity index (χ2n) is 10.5. The zero-order chi connectivity index (χ0) is 19.2. The molecule has 1 aliphatic heterocycles. The number of carboxylic acid groups (broad SMARTS) is 1. The summed E-state index contributed by atoms with van der Waals surface area (Å²) in [5, 5.41) is 20.8. The number of hydrogen-bond donors (Lipinski definition) is 1. The summed E-state index contributed by atoms with van der Waals surface area (Å²) in [6.07, 6.45) is 15.9. The van der Waals surface area contributed by atoms with Crippen molar-refractivity contribution < 1.29 is 14.6 Å². The lowest BCUT2D eigenvalue weighted by molar-refractivity contribution is -0.169. The SMILES string of the molecule is O=C(O)C1(CC2CCCC(COC34CC5CC(CC(C5)C3)C4)CC2)C=NN=N1. The van der Waals surface area contributed by atoms with Gasteiger partial charge in [-0.3, -0.25) is 0 Å². The summed E-state index contributed by atoms with van der Waals surface area (Å²) in [4.78, 5) is 11.7. The summed E-state index contributed by atoms with van der Waals surface area (Å²) in [6, 6.07) is 0. The third kappa shape index (κ3) is 3.53. The molecule has 28 heavy (non-hydrogen) atoms. The summed E-state index contributed by atoms with van der Waals surface area (Å²) < 4.78 is 6.72. The second-order valence-corrected chi connectivity index (χ2v) is 10.5. The van der Waals surface area contributed by atoms with E-state index in [9.17, 15) is 9.90 Å². The van der Waals surface area contributed by atoms with Gasteiger partial charge in [0.05, 0.1) is 18.4 Å². The highest BCUT2D eigenvalue weighted by atomic mass is 16.5. The van der Waals surface area contributed by atoms with Crippen LogP contribution >= 0.6 is 0 Å². The molecule has 3 unspecified atom stereocenters. The van der Waals surface area contributed by atoms with E-state index in [2.05, 4.69) is 15.4 Å². The fourth-order valence-electron chi connectivity index (χ4n) is 7.30. The van der Waals surface area contributed by atoms with Crippen LogP contribution in [0, 0.1) is 29.6 Å². The Morgan fingerprint density at radius 1 is 1.00 bits per heavy atom. The van der Waals surface area contributed by atoms with Crippen LogP contribution in [0.15, 0.2) is 15.4 Å². The van der Waals surface area contributed by atoms with Gasteiger partial charge >= 0.3 is 5.97 Å². The van der Waals surface area contributed by atoms with Gasteiger partial charge in [-0.15, -0.1) is 10.2 Å². The quantitative estimate of drug-likeness (QED) is 0.662. The maximum Gasteiger partial charge on any atom is 0.339 e. The van der Waals surface area contributed by atoms with E-state index in [-0.39, 0.29) is 5.60 Å². The van der Waals surface area contributed by atoms with Gasteiger partial charge in [0, 0.05) is 0 Å². The van der Waals surface area contributed by atoms with Gasteiger partial charge in [0.1, 0.15) is 0 Å². The topological polar surface area (TPSA) is 83.6 Å². The molecular weight excluding hydrogens is 354 g/mol. The molecule has 6 rings (SSSR count). The molecule has 0 spiro atoms. The Kier molecular flexibility index (Phi) is 4.80. The van der Waals surface area contributed by atoms with Crippen molar-refractivity contribution in [3.63, 3.8) is 0 Å². The lowest BCUT2D eigenvalue weighted by Crippen LogP contribution is -2.52. The summed E-state index contributed by atoms with van der Waals surface area (Å²) in [6.45, 7) is 0.907. The van der Waals surface area contributed by atoms with Gasteiger partial charge < -0.3 is 9.84 Å². The highest BCUT2D eigenvalue weighted by Crippen LogP contribution is 2.57. The van der Waals surface area contributed by atoms with Crippen LogP contribution in [0.5, 0.6) is 0 Å². The van der Waals surface area contributed by atoms with Gasteiger partial charge in [0.15, 0.2) is 0 Å².